The van der Waals surface area contributed by atoms with E-state index >= 15 is 0 Å². The summed E-state index contributed by atoms with van der Waals surface area (Å²) in [7, 11) is 0. The minimum atomic E-state index is -0.277. The molecule has 1 aromatic heterocycles. The zero-order valence-corrected chi connectivity index (χ0v) is 12.4. The quantitative estimate of drug-likeness (QED) is 0.844. The van der Waals surface area contributed by atoms with Crippen LogP contribution in [0.25, 0.3) is 0 Å². The molecule has 2 heterocycles. The number of fused-ring (bicyclic) bond motifs is 1. The summed E-state index contributed by atoms with van der Waals surface area (Å²) < 4.78 is 5.63. The summed E-state index contributed by atoms with van der Waals surface area (Å²) >= 11 is 1.85. The van der Waals surface area contributed by atoms with Crippen molar-refractivity contribution in [2.45, 2.75) is 70.0 Å². The van der Waals surface area contributed by atoms with Crippen LogP contribution in [0.2, 0.25) is 0 Å². The van der Waals surface area contributed by atoms with Gasteiger partial charge in [0.2, 0.25) is 0 Å². The van der Waals surface area contributed by atoms with Crippen molar-refractivity contribution in [3.05, 3.63) is 21.4 Å². The van der Waals surface area contributed by atoms with Crippen LogP contribution in [0, 0.1) is 0 Å². The molecule has 19 heavy (non-hydrogen) atoms. The summed E-state index contributed by atoms with van der Waals surface area (Å²) in [5.41, 5.74) is 1.51. The first-order valence-corrected chi connectivity index (χ1v) is 8.56. The fourth-order valence-electron chi connectivity index (χ4n) is 3.21. The van der Waals surface area contributed by atoms with Gasteiger partial charge in [-0.25, -0.2) is 0 Å². The molecule has 2 nitrogen and oxygen atoms in total. The Morgan fingerprint density at radius 2 is 2.16 bits per heavy atom. The minimum Gasteiger partial charge on any atom is -0.388 e. The van der Waals surface area contributed by atoms with Gasteiger partial charge in [-0.1, -0.05) is 6.42 Å². The monoisotopic (exact) mass is 280 g/mol. The van der Waals surface area contributed by atoms with Crippen molar-refractivity contribution >= 4 is 11.3 Å². The first-order valence-electron chi connectivity index (χ1n) is 7.74. The molecule has 1 aliphatic carbocycles. The van der Waals surface area contributed by atoms with Crippen LogP contribution in [-0.2, 0) is 17.6 Å². The number of aryl methyl sites for hydroxylation is 2. The zero-order chi connectivity index (χ0) is 13.1. The van der Waals surface area contributed by atoms with E-state index in [2.05, 4.69) is 6.07 Å². The molecule has 0 saturated carbocycles. The van der Waals surface area contributed by atoms with Crippen LogP contribution in [0.4, 0.5) is 0 Å². The Labute approximate surface area is 119 Å². The third kappa shape index (κ3) is 3.39. The first-order chi connectivity index (χ1) is 9.33. The average molecular weight is 280 g/mol. The third-order valence-corrected chi connectivity index (χ3v) is 5.72. The number of ether oxygens (including phenoxy) is 1. The minimum absolute atomic E-state index is 0.277. The molecule has 1 aromatic rings. The topological polar surface area (TPSA) is 29.5 Å². The van der Waals surface area contributed by atoms with Crippen molar-refractivity contribution in [1.29, 1.82) is 0 Å². The highest BCUT2D eigenvalue weighted by Gasteiger charge is 2.20. The summed E-state index contributed by atoms with van der Waals surface area (Å²) in [6.45, 7) is 0.911. The number of hydrogen-bond donors (Lipinski definition) is 1. The zero-order valence-electron chi connectivity index (χ0n) is 11.6. The highest BCUT2D eigenvalue weighted by Crippen LogP contribution is 2.34. The summed E-state index contributed by atoms with van der Waals surface area (Å²) in [6, 6.07) is 2.27. The number of hydrogen-bond acceptors (Lipinski definition) is 3. The van der Waals surface area contributed by atoms with Gasteiger partial charge in [0.05, 0.1) is 12.2 Å². The lowest BCUT2D eigenvalue weighted by molar-refractivity contribution is 0.0820. The van der Waals surface area contributed by atoms with Crippen molar-refractivity contribution in [3.8, 4) is 0 Å². The lowest BCUT2D eigenvalue weighted by Gasteiger charge is -2.12. The van der Waals surface area contributed by atoms with Gasteiger partial charge in [-0.05, 0) is 63.0 Å². The highest BCUT2D eigenvalue weighted by atomic mass is 32.1. The van der Waals surface area contributed by atoms with E-state index in [1.807, 2.05) is 11.3 Å². The number of thiophene rings is 1. The summed E-state index contributed by atoms with van der Waals surface area (Å²) in [6.07, 6.45) is 10.8. The molecule has 0 amide bonds. The van der Waals surface area contributed by atoms with E-state index in [0.717, 1.165) is 19.4 Å². The molecular weight excluding hydrogens is 256 g/mol. The van der Waals surface area contributed by atoms with Gasteiger partial charge in [0.25, 0.3) is 0 Å². The van der Waals surface area contributed by atoms with Crippen LogP contribution in [0.1, 0.15) is 66.4 Å². The second-order valence-electron chi connectivity index (χ2n) is 5.89. The van der Waals surface area contributed by atoms with Crippen LogP contribution >= 0.6 is 11.3 Å². The molecule has 1 fully saturated rings. The second-order valence-corrected chi connectivity index (χ2v) is 7.05. The molecular formula is C16H24O2S. The number of aliphatic hydroxyl groups is 1. The first kappa shape index (κ1) is 13.6. The Morgan fingerprint density at radius 1 is 1.26 bits per heavy atom. The van der Waals surface area contributed by atoms with Crippen LogP contribution in [-0.4, -0.2) is 17.8 Å². The van der Waals surface area contributed by atoms with E-state index in [0.29, 0.717) is 6.10 Å². The van der Waals surface area contributed by atoms with E-state index in [-0.39, 0.29) is 6.10 Å². The SMILES string of the molecule is OC(CCC1CCCO1)c1cc2c(s1)CCCCC2. The Bertz CT molecular complexity index is 383. The largest absolute Gasteiger partial charge is 0.388 e. The van der Waals surface area contributed by atoms with Crippen molar-refractivity contribution in [2.24, 2.45) is 0 Å². The van der Waals surface area contributed by atoms with Gasteiger partial charge in [0.15, 0.2) is 0 Å². The van der Waals surface area contributed by atoms with Crippen molar-refractivity contribution in [2.75, 3.05) is 6.61 Å². The van der Waals surface area contributed by atoms with Gasteiger partial charge in [-0.3, -0.25) is 0 Å². The molecule has 2 aliphatic rings. The maximum atomic E-state index is 10.4. The van der Waals surface area contributed by atoms with Gasteiger partial charge in [-0.2, -0.15) is 0 Å². The van der Waals surface area contributed by atoms with Gasteiger partial charge < -0.3 is 9.84 Å². The van der Waals surface area contributed by atoms with Crippen LogP contribution in [0.3, 0.4) is 0 Å². The van der Waals surface area contributed by atoms with E-state index in [1.165, 1.54) is 60.3 Å². The summed E-state index contributed by atoms with van der Waals surface area (Å²) in [4.78, 5) is 2.72. The van der Waals surface area contributed by atoms with Gasteiger partial charge in [0.1, 0.15) is 0 Å². The van der Waals surface area contributed by atoms with Gasteiger partial charge in [0, 0.05) is 16.4 Å². The molecule has 0 spiro atoms. The van der Waals surface area contributed by atoms with Crippen LogP contribution in [0.15, 0.2) is 6.07 Å². The lowest BCUT2D eigenvalue weighted by atomic mass is 10.1. The average Bonchev–Trinajstić information content (AvgIpc) is 3.02. The fourth-order valence-corrected chi connectivity index (χ4v) is 4.49. The molecule has 0 bridgehead atoms. The Balaban J connectivity index is 1.58. The summed E-state index contributed by atoms with van der Waals surface area (Å²) in [5, 5.41) is 10.4. The van der Waals surface area contributed by atoms with Crippen LogP contribution in [0.5, 0.6) is 0 Å². The molecule has 106 valence electrons. The van der Waals surface area contributed by atoms with Crippen molar-refractivity contribution in [1.82, 2.24) is 0 Å². The third-order valence-electron chi connectivity index (χ3n) is 4.38. The Kier molecular flexibility index (Phi) is 4.57. The molecule has 0 radical (unpaired) electrons. The molecule has 1 aliphatic heterocycles. The van der Waals surface area contributed by atoms with Crippen molar-refractivity contribution < 1.29 is 9.84 Å². The predicted octanol–water partition coefficient (Wildman–Crippen LogP) is 4.01. The maximum absolute atomic E-state index is 10.4. The number of rotatable bonds is 4. The fraction of sp³-hybridized carbons (Fsp3) is 0.750. The molecule has 0 aromatic carbocycles. The second kappa shape index (κ2) is 6.38. The molecule has 3 heteroatoms. The molecule has 1 saturated heterocycles. The molecule has 2 atom stereocenters. The summed E-state index contributed by atoms with van der Waals surface area (Å²) in [5.74, 6) is 0. The van der Waals surface area contributed by atoms with E-state index < -0.39 is 0 Å². The number of aliphatic hydroxyl groups excluding tert-OH is 1. The Morgan fingerprint density at radius 3 is 3.00 bits per heavy atom. The van der Waals surface area contributed by atoms with Crippen LogP contribution < -0.4 is 0 Å². The van der Waals surface area contributed by atoms with E-state index in [1.54, 1.807) is 0 Å². The highest BCUT2D eigenvalue weighted by molar-refractivity contribution is 7.12. The molecule has 3 rings (SSSR count). The van der Waals surface area contributed by atoms with Gasteiger partial charge in [-0.15, -0.1) is 11.3 Å². The van der Waals surface area contributed by atoms with E-state index in [9.17, 15) is 5.11 Å². The standard InChI is InChI=1S/C16H24O2S/c17-14(9-8-13-6-4-10-18-13)16-11-12-5-2-1-3-7-15(12)19-16/h11,13-14,17H,1-10H2. The lowest BCUT2D eigenvalue weighted by Crippen LogP contribution is -2.07. The van der Waals surface area contributed by atoms with E-state index in [4.69, 9.17) is 4.74 Å². The maximum Gasteiger partial charge on any atom is 0.0883 e. The van der Waals surface area contributed by atoms with Crippen molar-refractivity contribution in [3.63, 3.8) is 0 Å². The molecule has 2 unspecified atom stereocenters. The normalized spacial score (nSPS) is 25.0. The predicted molar refractivity (Wildman–Crippen MR) is 78.7 cm³/mol. The Hall–Kier alpha value is -0.380. The van der Waals surface area contributed by atoms with Gasteiger partial charge >= 0.3 is 0 Å². The molecule has 1 N–H and O–H groups in total. The smallest absolute Gasteiger partial charge is 0.0883 e.